The van der Waals surface area contributed by atoms with Crippen molar-refractivity contribution in [2.24, 2.45) is 0 Å². The molecule has 3 rings (SSSR count). The van der Waals surface area contributed by atoms with E-state index in [-0.39, 0.29) is 28.8 Å². The summed E-state index contributed by atoms with van der Waals surface area (Å²) >= 11 is 6.03. The number of anilines is 1. The first-order valence-electron chi connectivity index (χ1n) is 12.2. The molecule has 0 radical (unpaired) electrons. The van der Waals surface area contributed by atoms with E-state index in [9.17, 15) is 18.0 Å². The zero-order chi connectivity index (χ0) is 28.6. The summed E-state index contributed by atoms with van der Waals surface area (Å²) in [5, 5.41) is 3.13. The highest BCUT2D eigenvalue weighted by molar-refractivity contribution is 7.92. The zero-order valence-corrected chi connectivity index (χ0v) is 23.8. The summed E-state index contributed by atoms with van der Waals surface area (Å²) in [6.45, 7) is 1.25. The van der Waals surface area contributed by atoms with Gasteiger partial charge in [0.15, 0.2) is 0 Å². The van der Waals surface area contributed by atoms with Gasteiger partial charge in [-0.05, 0) is 48.4 Å². The Hall–Kier alpha value is -3.76. The fourth-order valence-electron chi connectivity index (χ4n) is 4.10. The molecule has 3 aromatic rings. The Labute approximate surface area is 234 Å². The number of nitrogens with one attached hydrogen (secondary N) is 1. The van der Waals surface area contributed by atoms with Crippen molar-refractivity contribution in [2.75, 3.05) is 32.1 Å². The predicted molar refractivity (Wildman–Crippen MR) is 151 cm³/mol. The normalized spacial score (nSPS) is 11.8. The molecule has 0 saturated heterocycles. The van der Waals surface area contributed by atoms with Crippen molar-refractivity contribution >= 4 is 39.1 Å². The smallest absolute Gasteiger partial charge is 0.264 e. The quantitative estimate of drug-likeness (QED) is 0.350. The molecule has 0 aromatic heterocycles. The number of sulfonamides is 1. The molecular weight excluding hydrogens is 542 g/mol. The summed E-state index contributed by atoms with van der Waals surface area (Å²) in [7, 11) is 0.108. The van der Waals surface area contributed by atoms with Gasteiger partial charge in [-0.1, -0.05) is 48.9 Å². The fourth-order valence-corrected chi connectivity index (χ4v) is 5.66. The second-order valence-electron chi connectivity index (χ2n) is 8.55. The molecule has 208 valence electrons. The average Bonchev–Trinajstić information content (AvgIpc) is 2.96. The Morgan fingerprint density at radius 2 is 1.64 bits per heavy atom. The van der Waals surface area contributed by atoms with Gasteiger partial charge < -0.3 is 19.7 Å². The van der Waals surface area contributed by atoms with Gasteiger partial charge in [0.1, 0.15) is 24.1 Å². The number of methoxy groups -OCH3 is 2. The van der Waals surface area contributed by atoms with Crippen LogP contribution in [0.4, 0.5) is 5.69 Å². The second-order valence-corrected chi connectivity index (χ2v) is 10.8. The van der Waals surface area contributed by atoms with E-state index >= 15 is 0 Å². The van der Waals surface area contributed by atoms with Gasteiger partial charge in [0.25, 0.3) is 10.0 Å². The third kappa shape index (κ3) is 7.01. The Bertz CT molecular complexity index is 1380. The molecule has 0 aliphatic carbocycles. The van der Waals surface area contributed by atoms with Gasteiger partial charge in [-0.2, -0.15) is 0 Å². The average molecular weight is 574 g/mol. The van der Waals surface area contributed by atoms with Gasteiger partial charge in [0, 0.05) is 24.7 Å². The molecule has 0 aliphatic heterocycles. The minimum Gasteiger partial charge on any atom is -0.497 e. The molecule has 11 heteroatoms. The van der Waals surface area contributed by atoms with Crippen LogP contribution in [0.5, 0.6) is 11.5 Å². The molecule has 2 amide bonds. The Balaban J connectivity index is 2.13. The van der Waals surface area contributed by atoms with E-state index < -0.39 is 28.5 Å². The SMILES string of the molecule is CCC(C(=O)NC)N(Cc1ccc(Cl)cc1)C(=O)CN(c1cc(OC)ccc1OC)S(=O)(=O)c1ccccc1. The summed E-state index contributed by atoms with van der Waals surface area (Å²) in [6.07, 6.45) is 0.312. The number of amides is 2. The number of hydrogen-bond donors (Lipinski definition) is 1. The van der Waals surface area contributed by atoms with Gasteiger partial charge in [0.2, 0.25) is 11.8 Å². The molecule has 0 saturated carbocycles. The zero-order valence-electron chi connectivity index (χ0n) is 22.3. The van der Waals surface area contributed by atoms with E-state index in [2.05, 4.69) is 5.32 Å². The van der Waals surface area contributed by atoms with E-state index in [4.69, 9.17) is 21.1 Å². The van der Waals surface area contributed by atoms with Crippen molar-refractivity contribution in [3.05, 3.63) is 83.4 Å². The molecule has 0 bridgehead atoms. The van der Waals surface area contributed by atoms with E-state index in [1.165, 1.54) is 44.4 Å². The van der Waals surface area contributed by atoms with Crippen LogP contribution in [0.1, 0.15) is 18.9 Å². The molecule has 0 aliphatic rings. The molecule has 1 N–H and O–H groups in total. The maximum absolute atomic E-state index is 14.0. The van der Waals surface area contributed by atoms with Crippen LogP contribution in [0.3, 0.4) is 0 Å². The number of nitrogens with zero attached hydrogens (tertiary/aromatic N) is 2. The van der Waals surface area contributed by atoms with Crippen LogP contribution < -0.4 is 19.1 Å². The fraction of sp³-hybridized carbons (Fsp3) is 0.286. The summed E-state index contributed by atoms with van der Waals surface area (Å²) in [5.74, 6) is -0.340. The Morgan fingerprint density at radius 3 is 2.21 bits per heavy atom. The van der Waals surface area contributed by atoms with Crippen LogP contribution in [0.25, 0.3) is 0 Å². The van der Waals surface area contributed by atoms with E-state index in [1.54, 1.807) is 61.5 Å². The number of carbonyl (C=O) groups excluding carboxylic acids is 2. The molecule has 3 aromatic carbocycles. The van der Waals surface area contributed by atoms with Crippen LogP contribution in [0.2, 0.25) is 5.02 Å². The van der Waals surface area contributed by atoms with E-state index in [0.717, 1.165) is 9.87 Å². The molecule has 1 unspecified atom stereocenters. The lowest BCUT2D eigenvalue weighted by atomic mass is 10.1. The highest BCUT2D eigenvalue weighted by Gasteiger charge is 2.34. The molecule has 9 nitrogen and oxygen atoms in total. The Kier molecular flexibility index (Phi) is 10.2. The second kappa shape index (κ2) is 13.3. The first kappa shape index (κ1) is 29.8. The lowest BCUT2D eigenvalue weighted by Crippen LogP contribution is -2.51. The first-order chi connectivity index (χ1) is 18.7. The number of benzene rings is 3. The lowest BCUT2D eigenvalue weighted by molar-refractivity contribution is -0.140. The molecule has 1 atom stereocenters. The van der Waals surface area contributed by atoms with Crippen LogP contribution in [-0.4, -0.2) is 59.0 Å². The molecule has 0 heterocycles. The number of likely N-dealkylation sites (N-methyl/N-ethyl adjacent to an activating group) is 1. The maximum atomic E-state index is 14.0. The van der Waals surface area contributed by atoms with Crippen LogP contribution in [-0.2, 0) is 26.2 Å². The number of carbonyl (C=O) groups is 2. The minimum absolute atomic E-state index is 0.00901. The largest absolute Gasteiger partial charge is 0.497 e. The van der Waals surface area contributed by atoms with Crippen molar-refractivity contribution in [3.8, 4) is 11.5 Å². The van der Waals surface area contributed by atoms with Crippen LogP contribution >= 0.6 is 11.6 Å². The molecule has 39 heavy (non-hydrogen) atoms. The summed E-state index contributed by atoms with van der Waals surface area (Å²) in [4.78, 5) is 28.2. The molecule has 0 fully saturated rings. The van der Waals surface area contributed by atoms with Crippen molar-refractivity contribution in [1.82, 2.24) is 10.2 Å². The summed E-state index contributed by atoms with van der Waals surface area (Å²) in [6, 6.07) is 18.5. The third-order valence-corrected chi connectivity index (χ3v) is 8.19. The standard InChI is InChI=1S/C28H32ClN3O6S/c1-5-24(28(34)30-2)31(18-20-11-13-21(29)14-12-20)27(33)19-32(39(35,36)23-9-7-6-8-10-23)25-17-22(37-3)15-16-26(25)38-4/h6-17,24H,5,18-19H2,1-4H3,(H,30,34). The van der Waals surface area contributed by atoms with Crippen molar-refractivity contribution in [1.29, 1.82) is 0 Å². The van der Waals surface area contributed by atoms with E-state index in [1.807, 2.05) is 0 Å². The Morgan fingerprint density at radius 1 is 0.974 bits per heavy atom. The van der Waals surface area contributed by atoms with Gasteiger partial charge in [-0.3, -0.25) is 13.9 Å². The highest BCUT2D eigenvalue weighted by atomic mass is 35.5. The third-order valence-electron chi connectivity index (χ3n) is 6.16. The first-order valence-corrected chi connectivity index (χ1v) is 14.0. The number of rotatable bonds is 12. The van der Waals surface area contributed by atoms with Gasteiger partial charge in [0.05, 0.1) is 24.8 Å². The van der Waals surface area contributed by atoms with Crippen molar-refractivity contribution in [2.45, 2.75) is 30.8 Å². The number of hydrogen-bond acceptors (Lipinski definition) is 6. The van der Waals surface area contributed by atoms with Crippen LogP contribution in [0, 0.1) is 0 Å². The van der Waals surface area contributed by atoms with Crippen LogP contribution in [0.15, 0.2) is 77.7 Å². The van der Waals surface area contributed by atoms with Gasteiger partial charge >= 0.3 is 0 Å². The van der Waals surface area contributed by atoms with Gasteiger partial charge in [-0.25, -0.2) is 8.42 Å². The summed E-state index contributed by atoms with van der Waals surface area (Å²) < 4.78 is 39.7. The van der Waals surface area contributed by atoms with Crippen molar-refractivity contribution < 1.29 is 27.5 Å². The molecular formula is C28H32ClN3O6S. The monoisotopic (exact) mass is 573 g/mol. The predicted octanol–water partition coefficient (Wildman–Crippen LogP) is 4.11. The van der Waals surface area contributed by atoms with E-state index in [0.29, 0.717) is 17.2 Å². The topological polar surface area (TPSA) is 105 Å². The molecule has 0 spiro atoms. The minimum atomic E-state index is -4.24. The summed E-state index contributed by atoms with van der Waals surface area (Å²) in [5.41, 5.74) is 0.847. The number of ether oxygens (including phenoxy) is 2. The number of halogens is 1. The maximum Gasteiger partial charge on any atom is 0.264 e. The van der Waals surface area contributed by atoms with Gasteiger partial charge in [-0.15, -0.1) is 0 Å². The highest BCUT2D eigenvalue weighted by Crippen LogP contribution is 2.36. The van der Waals surface area contributed by atoms with Crippen molar-refractivity contribution in [3.63, 3.8) is 0 Å². The lowest BCUT2D eigenvalue weighted by Gasteiger charge is -2.33.